The fourth-order valence-corrected chi connectivity index (χ4v) is 3.10. The first-order valence-corrected chi connectivity index (χ1v) is 10.1. The van der Waals surface area contributed by atoms with Crippen molar-refractivity contribution in [3.63, 3.8) is 0 Å². The Morgan fingerprint density at radius 1 is 1.29 bits per heavy atom. The molecule has 28 heavy (non-hydrogen) atoms. The molecule has 1 aliphatic carbocycles. The van der Waals surface area contributed by atoms with Crippen molar-refractivity contribution in [2.45, 2.75) is 64.4 Å². The zero-order chi connectivity index (χ0) is 20.4. The molecule has 1 saturated carbocycles. The number of hydrazine groups is 1. The van der Waals surface area contributed by atoms with Crippen LogP contribution in [-0.4, -0.2) is 35.8 Å². The van der Waals surface area contributed by atoms with E-state index in [9.17, 15) is 4.79 Å². The summed E-state index contributed by atoms with van der Waals surface area (Å²) in [6, 6.07) is 3.59. The number of amides is 1. The van der Waals surface area contributed by atoms with E-state index in [1.165, 1.54) is 24.3 Å². The molecule has 0 aromatic carbocycles. The van der Waals surface area contributed by atoms with Gasteiger partial charge < -0.3 is 15.2 Å². The van der Waals surface area contributed by atoms with Gasteiger partial charge in [0.05, 0.1) is 24.6 Å². The fraction of sp³-hybridized carbons (Fsp3) is 0.600. The average molecular weight is 392 g/mol. The maximum Gasteiger partial charge on any atom is 0.412 e. The molecule has 5 N–H and O–H groups in total. The predicted molar refractivity (Wildman–Crippen MR) is 109 cm³/mol. The lowest BCUT2D eigenvalue weighted by Crippen LogP contribution is -2.39. The number of hydrogen-bond donors (Lipinski definition) is 3. The van der Waals surface area contributed by atoms with Crippen molar-refractivity contribution in [3.8, 4) is 5.75 Å². The Balaban J connectivity index is 2.00. The third-order valence-electron chi connectivity index (χ3n) is 4.68. The van der Waals surface area contributed by atoms with Gasteiger partial charge >= 0.3 is 6.09 Å². The van der Waals surface area contributed by atoms with Gasteiger partial charge in [-0.25, -0.2) is 10.6 Å². The molecule has 2 rings (SSSR count). The van der Waals surface area contributed by atoms with Gasteiger partial charge in [0.25, 0.3) is 0 Å². The number of unbranched alkanes of at least 4 members (excludes halogenated alkanes) is 2. The third-order valence-corrected chi connectivity index (χ3v) is 4.68. The van der Waals surface area contributed by atoms with Crippen molar-refractivity contribution in [1.82, 2.24) is 15.3 Å². The number of aromatic nitrogens is 1. The lowest BCUT2D eigenvalue weighted by molar-refractivity contribution is 0.143. The third kappa shape index (κ3) is 6.92. The maximum atomic E-state index is 12.0. The minimum atomic E-state index is -0.594. The summed E-state index contributed by atoms with van der Waals surface area (Å²) in [4.78, 5) is 16.3. The standard InChI is InChI=1S/C20H33N5O3/c1-3-4-8-13-27-20(26)24-19(25(2)22)18(21)17-12-11-16(14-23-17)28-15-9-6-5-7-10-15/h11-12,14-15H,3-10,13,21-22H2,1-2H3,(H,24,26)/b19-18-. The Labute approximate surface area is 167 Å². The summed E-state index contributed by atoms with van der Waals surface area (Å²) in [5.74, 6) is 6.77. The number of nitrogens with one attached hydrogen (secondary N) is 1. The van der Waals surface area contributed by atoms with Crippen LogP contribution in [0.25, 0.3) is 5.70 Å². The molecule has 0 aliphatic heterocycles. The second-order valence-corrected chi connectivity index (χ2v) is 7.10. The fourth-order valence-electron chi connectivity index (χ4n) is 3.10. The van der Waals surface area contributed by atoms with Crippen LogP contribution in [0, 0.1) is 0 Å². The van der Waals surface area contributed by atoms with Crippen LogP contribution in [0.1, 0.15) is 64.0 Å². The zero-order valence-corrected chi connectivity index (χ0v) is 16.9. The summed E-state index contributed by atoms with van der Waals surface area (Å²) in [6.45, 7) is 2.44. The van der Waals surface area contributed by atoms with Crippen molar-refractivity contribution in [3.05, 3.63) is 29.8 Å². The molecule has 0 bridgehead atoms. The second kappa shape index (κ2) is 11.4. The van der Waals surface area contributed by atoms with Gasteiger partial charge in [-0.15, -0.1) is 0 Å². The molecule has 0 unspecified atom stereocenters. The summed E-state index contributed by atoms with van der Waals surface area (Å²) in [7, 11) is 1.58. The minimum Gasteiger partial charge on any atom is -0.489 e. The number of carbonyl (C=O) groups excluding carboxylic acids is 1. The first-order valence-electron chi connectivity index (χ1n) is 10.1. The molecule has 156 valence electrons. The molecule has 8 nitrogen and oxygen atoms in total. The van der Waals surface area contributed by atoms with Gasteiger partial charge in [-0.2, -0.15) is 0 Å². The topological polar surface area (TPSA) is 116 Å². The number of rotatable bonds is 9. The van der Waals surface area contributed by atoms with E-state index in [-0.39, 0.29) is 17.6 Å². The smallest absolute Gasteiger partial charge is 0.412 e. The summed E-state index contributed by atoms with van der Waals surface area (Å²) in [5, 5.41) is 3.83. The number of hydrogen-bond acceptors (Lipinski definition) is 7. The second-order valence-electron chi connectivity index (χ2n) is 7.10. The van der Waals surface area contributed by atoms with Crippen LogP contribution in [0.15, 0.2) is 24.2 Å². The molecule has 0 atom stereocenters. The molecular weight excluding hydrogens is 358 g/mol. The number of pyridine rings is 1. The van der Waals surface area contributed by atoms with Crippen LogP contribution in [0.3, 0.4) is 0 Å². The lowest BCUT2D eigenvalue weighted by Gasteiger charge is -2.23. The molecule has 0 saturated heterocycles. The Morgan fingerprint density at radius 3 is 2.64 bits per heavy atom. The van der Waals surface area contributed by atoms with Gasteiger partial charge in [-0.05, 0) is 44.2 Å². The number of ether oxygens (including phenoxy) is 2. The normalized spacial score (nSPS) is 15.5. The highest BCUT2D eigenvalue weighted by Crippen LogP contribution is 2.23. The summed E-state index contributed by atoms with van der Waals surface area (Å²) in [6.07, 6.45) is 10.0. The lowest BCUT2D eigenvalue weighted by atomic mass is 9.98. The van der Waals surface area contributed by atoms with Gasteiger partial charge in [0.2, 0.25) is 0 Å². The quantitative estimate of drug-likeness (QED) is 0.336. The Bertz CT molecular complexity index is 640. The molecule has 0 radical (unpaired) electrons. The van der Waals surface area contributed by atoms with Crippen molar-refractivity contribution in [2.24, 2.45) is 11.6 Å². The minimum absolute atomic E-state index is 0.231. The Kier molecular flexibility index (Phi) is 8.87. The van der Waals surface area contributed by atoms with Crippen LogP contribution < -0.4 is 21.6 Å². The van der Waals surface area contributed by atoms with E-state index in [4.69, 9.17) is 21.1 Å². The van der Waals surface area contributed by atoms with Crippen molar-refractivity contribution < 1.29 is 14.3 Å². The number of nitrogens with zero attached hydrogens (tertiary/aromatic N) is 2. The van der Waals surface area contributed by atoms with Crippen LogP contribution in [0.5, 0.6) is 5.75 Å². The molecule has 1 amide bonds. The number of carbonyl (C=O) groups is 1. The van der Waals surface area contributed by atoms with Crippen molar-refractivity contribution in [1.29, 1.82) is 0 Å². The number of nitrogens with two attached hydrogens (primary N) is 2. The van der Waals surface area contributed by atoms with E-state index in [1.54, 1.807) is 19.3 Å². The van der Waals surface area contributed by atoms with Gasteiger partial charge in [0.15, 0.2) is 5.82 Å². The van der Waals surface area contributed by atoms with E-state index in [1.807, 2.05) is 6.07 Å². The molecule has 1 heterocycles. The van der Waals surface area contributed by atoms with E-state index in [2.05, 4.69) is 17.2 Å². The highest BCUT2D eigenvalue weighted by Gasteiger charge is 2.17. The van der Waals surface area contributed by atoms with Crippen LogP contribution in [-0.2, 0) is 4.74 Å². The van der Waals surface area contributed by atoms with Crippen molar-refractivity contribution in [2.75, 3.05) is 13.7 Å². The highest BCUT2D eigenvalue weighted by atomic mass is 16.5. The molecular formula is C20H33N5O3. The first-order chi connectivity index (χ1) is 13.5. The van der Waals surface area contributed by atoms with Gasteiger partial charge in [0, 0.05) is 7.05 Å². The van der Waals surface area contributed by atoms with E-state index < -0.39 is 6.09 Å². The van der Waals surface area contributed by atoms with Crippen LogP contribution >= 0.6 is 0 Å². The molecule has 1 aromatic heterocycles. The average Bonchev–Trinajstić information content (AvgIpc) is 2.70. The molecule has 0 spiro atoms. The van der Waals surface area contributed by atoms with Gasteiger partial charge in [-0.1, -0.05) is 26.2 Å². The van der Waals surface area contributed by atoms with Crippen LogP contribution in [0.4, 0.5) is 4.79 Å². The SMILES string of the molecule is CCCCCOC(=O)N/C(=C(/N)c1ccc(OC2CCCCC2)cn1)N(C)N. The zero-order valence-electron chi connectivity index (χ0n) is 16.9. The first kappa shape index (κ1) is 21.8. The molecule has 8 heteroatoms. The predicted octanol–water partition coefficient (Wildman–Crippen LogP) is 3.10. The number of alkyl carbamates (subject to hydrolysis) is 1. The van der Waals surface area contributed by atoms with E-state index >= 15 is 0 Å². The largest absolute Gasteiger partial charge is 0.489 e. The highest BCUT2D eigenvalue weighted by molar-refractivity contribution is 5.74. The maximum absolute atomic E-state index is 12.0. The van der Waals surface area contributed by atoms with E-state index in [0.29, 0.717) is 12.3 Å². The summed E-state index contributed by atoms with van der Waals surface area (Å²) >= 11 is 0. The van der Waals surface area contributed by atoms with E-state index in [0.717, 1.165) is 37.9 Å². The van der Waals surface area contributed by atoms with Gasteiger partial charge in [0.1, 0.15) is 11.4 Å². The molecule has 1 aliphatic rings. The summed E-state index contributed by atoms with van der Waals surface area (Å²) in [5.41, 5.74) is 6.93. The van der Waals surface area contributed by atoms with Crippen molar-refractivity contribution >= 4 is 11.8 Å². The monoisotopic (exact) mass is 391 g/mol. The Morgan fingerprint density at radius 2 is 2.04 bits per heavy atom. The van der Waals surface area contributed by atoms with Crippen LogP contribution in [0.2, 0.25) is 0 Å². The van der Waals surface area contributed by atoms with Gasteiger partial charge in [-0.3, -0.25) is 15.3 Å². The Hall–Kier alpha value is -2.48. The summed E-state index contributed by atoms with van der Waals surface area (Å²) < 4.78 is 11.1. The molecule has 1 aromatic rings. The molecule has 1 fully saturated rings.